The minimum Gasteiger partial charge on any atom is -0.350 e. The average molecular weight is 326 g/mol. The molecule has 0 aliphatic heterocycles. The second-order valence-electron chi connectivity index (χ2n) is 4.25. The van der Waals surface area contributed by atoms with Crippen LogP contribution in [-0.2, 0) is 9.84 Å². The van der Waals surface area contributed by atoms with E-state index in [-0.39, 0.29) is 21.3 Å². The molecule has 0 heterocycles. The minimum atomic E-state index is -3.65. The van der Waals surface area contributed by atoms with Gasteiger partial charge in [-0.25, -0.2) is 8.42 Å². The summed E-state index contributed by atoms with van der Waals surface area (Å²) in [6, 6.07) is 11.7. The molecule has 21 heavy (non-hydrogen) atoms. The third-order valence-electron chi connectivity index (χ3n) is 2.63. The molecule has 1 radical (unpaired) electrons. The van der Waals surface area contributed by atoms with Gasteiger partial charge in [0.15, 0.2) is 9.84 Å². The molecule has 2 aromatic rings. The summed E-state index contributed by atoms with van der Waals surface area (Å²) in [7, 11) is -3.65. The van der Waals surface area contributed by atoms with Crippen LogP contribution < -0.4 is 5.32 Å². The van der Waals surface area contributed by atoms with Gasteiger partial charge >= 0.3 is 0 Å². The highest BCUT2D eigenvalue weighted by Gasteiger charge is 2.22. The van der Waals surface area contributed by atoms with E-state index in [9.17, 15) is 18.5 Å². The van der Waals surface area contributed by atoms with Gasteiger partial charge < -0.3 is 5.32 Å². The number of nitrogens with one attached hydrogen (secondary N) is 1. The summed E-state index contributed by atoms with van der Waals surface area (Å²) in [6.07, 6.45) is 0.942. The first-order valence-corrected chi connectivity index (χ1v) is 7.97. The molecule has 109 valence electrons. The van der Waals surface area contributed by atoms with Gasteiger partial charge in [-0.15, -0.1) is 0 Å². The fourth-order valence-corrected chi connectivity index (χ4v) is 3.03. The van der Waals surface area contributed by atoms with Crippen molar-refractivity contribution >= 4 is 38.5 Å². The first kappa shape index (κ1) is 15.3. The van der Waals surface area contributed by atoms with Crippen molar-refractivity contribution < 1.29 is 13.3 Å². The average Bonchev–Trinajstić information content (AvgIpc) is 2.38. The molecule has 0 atom stereocenters. The molecule has 0 amide bonds. The largest absolute Gasteiger partial charge is 0.350 e. The van der Waals surface area contributed by atoms with Crippen LogP contribution in [0, 0.1) is 16.2 Å². The fraction of sp³-hybridized carbons (Fsp3) is 0.0769. The molecule has 0 aromatic heterocycles. The van der Waals surface area contributed by atoms with Gasteiger partial charge in [-0.2, -0.15) is 0 Å². The maximum Gasteiger partial charge on any atom is 0.294 e. The SMILES string of the molecule is CS(=O)(=O)c1cc([N+](=O)[O-])c(Nc2c[c]ccc2)cc1Cl. The lowest BCUT2D eigenvalue weighted by atomic mass is 10.2. The molecule has 0 bridgehead atoms. The molecule has 8 heteroatoms. The Morgan fingerprint density at radius 2 is 2.10 bits per heavy atom. The van der Waals surface area contributed by atoms with E-state index in [2.05, 4.69) is 11.4 Å². The fourth-order valence-electron chi connectivity index (χ4n) is 1.70. The van der Waals surface area contributed by atoms with Crippen molar-refractivity contribution in [2.24, 2.45) is 0 Å². The number of benzene rings is 2. The molecule has 0 spiro atoms. The first-order chi connectivity index (χ1) is 9.79. The smallest absolute Gasteiger partial charge is 0.294 e. The number of hydrogen-bond donors (Lipinski definition) is 1. The van der Waals surface area contributed by atoms with E-state index in [0.29, 0.717) is 5.69 Å². The number of anilines is 2. The first-order valence-electron chi connectivity index (χ1n) is 5.70. The summed E-state index contributed by atoms with van der Waals surface area (Å²) in [6.45, 7) is 0. The van der Waals surface area contributed by atoms with Gasteiger partial charge in [0.2, 0.25) is 0 Å². The van der Waals surface area contributed by atoms with Crippen LogP contribution in [0.5, 0.6) is 0 Å². The lowest BCUT2D eigenvalue weighted by Gasteiger charge is -2.09. The third-order valence-corrected chi connectivity index (χ3v) is 4.19. The summed E-state index contributed by atoms with van der Waals surface area (Å²) in [5, 5.41) is 13.9. The molecule has 0 saturated heterocycles. The Hall–Kier alpha value is -2.12. The van der Waals surface area contributed by atoms with Crippen molar-refractivity contribution in [2.75, 3.05) is 11.6 Å². The summed E-state index contributed by atoms with van der Waals surface area (Å²) < 4.78 is 23.1. The van der Waals surface area contributed by atoms with Crippen molar-refractivity contribution in [3.63, 3.8) is 0 Å². The molecular weight excluding hydrogens is 316 g/mol. The topological polar surface area (TPSA) is 89.3 Å². The van der Waals surface area contributed by atoms with Gasteiger partial charge in [0.25, 0.3) is 5.69 Å². The van der Waals surface area contributed by atoms with Crippen molar-refractivity contribution in [1.82, 2.24) is 0 Å². The van der Waals surface area contributed by atoms with Gasteiger partial charge in [0.05, 0.1) is 14.8 Å². The Balaban J connectivity index is 2.56. The highest BCUT2D eigenvalue weighted by Crippen LogP contribution is 2.35. The van der Waals surface area contributed by atoms with Crippen LogP contribution in [0.1, 0.15) is 0 Å². The lowest BCUT2D eigenvalue weighted by molar-refractivity contribution is -0.384. The molecule has 0 unspecified atom stereocenters. The number of halogens is 1. The number of nitro groups is 1. The number of nitro benzene ring substituents is 1. The Morgan fingerprint density at radius 3 is 2.62 bits per heavy atom. The third kappa shape index (κ3) is 3.50. The number of hydrogen-bond acceptors (Lipinski definition) is 5. The van der Waals surface area contributed by atoms with Crippen LogP contribution in [0.4, 0.5) is 17.1 Å². The highest BCUT2D eigenvalue weighted by molar-refractivity contribution is 7.90. The quantitative estimate of drug-likeness (QED) is 0.688. The molecule has 1 N–H and O–H groups in total. The van der Waals surface area contributed by atoms with E-state index < -0.39 is 14.8 Å². The zero-order valence-corrected chi connectivity index (χ0v) is 12.4. The van der Waals surface area contributed by atoms with E-state index >= 15 is 0 Å². The van der Waals surface area contributed by atoms with E-state index in [1.165, 1.54) is 6.07 Å². The normalized spacial score (nSPS) is 11.1. The van der Waals surface area contributed by atoms with Gasteiger partial charge in [-0.05, 0) is 24.3 Å². The molecule has 2 aromatic carbocycles. The number of nitrogens with zero attached hydrogens (tertiary/aromatic N) is 1. The van der Waals surface area contributed by atoms with Gasteiger partial charge in [0, 0.05) is 18.0 Å². The molecule has 0 fully saturated rings. The zero-order chi connectivity index (χ0) is 15.6. The molecule has 2 rings (SSSR count). The Bertz CT molecular complexity index is 791. The predicted molar refractivity (Wildman–Crippen MR) is 79.8 cm³/mol. The van der Waals surface area contributed by atoms with Crippen LogP contribution in [0.15, 0.2) is 41.3 Å². The maximum atomic E-state index is 11.6. The van der Waals surface area contributed by atoms with Crippen molar-refractivity contribution in [3.05, 3.63) is 57.6 Å². The summed E-state index contributed by atoms with van der Waals surface area (Å²) in [4.78, 5) is 10.2. The highest BCUT2D eigenvalue weighted by atomic mass is 35.5. The Kier molecular flexibility index (Phi) is 4.15. The van der Waals surface area contributed by atoms with Crippen LogP contribution in [0.25, 0.3) is 0 Å². The van der Waals surface area contributed by atoms with Gasteiger partial charge in [0.1, 0.15) is 5.69 Å². The predicted octanol–water partition coefficient (Wildman–Crippen LogP) is 3.20. The Morgan fingerprint density at radius 1 is 1.38 bits per heavy atom. The van der Waals surface area contributed by atoms with Gasteiger partial charge in [-0.1, -0.05) is 23.7 Å². The second-order valence-corrected chi connectivity index (χ2v) is 6.64. The van der Waals surface area contributed by atoms with Crippen LogP contribution in [-0.4, -0.2) is 19.6 Å². The maximum absolute atomic E-state index is 11.6. The summed E-state index contributed by atoms with van der Waals surface area (Å²) in [5.41, 5.74) is 0.310. The zero-order valence-electron chi connectivity index (χ0n) is 10.8. The Labute approximate surface area is 126 Å². The molecular formula is C13H10ClN2O4S. The van der Waals surface area contributed by atoms with Crippen LogP contribution in [0.3, 0.4) is 0 Å². The number of rotatable bonds is 4. The van der Waals surface area contributed by atoms with Crippen LogP contribution >= 0.6 is 11.6 Å². The van der Waals surface area contributed by atoms with Crippen molar-refractivity contribution in [1.29, 1.82) is 0 Å². The van der Waals surface area contributed by atoms with Crippen molar-refractivity contribution in [2.45, 2.75) is 4.90 Å². The van der Waals surface area contributed by atoms with E-state index in [1.54, 1.807) is 24.3 Å². The minimum absolute atomic E-state index is 0.0782. The van der Waals surface area contributed by atoms with Crippen molar-refractivity contribution in [3.8, 4) is 0 Å². The molecule has 0 aliphatic carbocycles. The van der Waals surface area contributed by atoms with Gasteiger partial charge in [-0.3, -0.25) is 10.1 Å². The standard InChI is InChI=1S/C13H10ClN2O4S/c1-21(19,20)13-8-12(16(17)18)11(7-10(13)14)15-9-5-3-2-4-6-9/h2-3,5-8,15H,1H3. The summed E-state index contributed by atoms with van der Waals surface area (Å²) in [5.74, 6) is 0. The summed E-state index contributed by atoms with van der Waals surface area (Å²) >= 11 is 5.91. The monoisotopic (exact) mass is 325 g/mol. The van der Waals surface area contributed by atoms with Crippen LogP contribution in [0.2, 0.25) is 5.02 Å². The van der Waals surface area contributed by atoms with E-state index in [4.69, 9.17) is 11.6 Å². The molecule has 0 aliphatic rings. The number of sulfone groups is 1. The molecule has 6 nitrogen and oxygen atoms in total. The van der Waals surface area contributed by atoms with E-state index in [1.807, 2.05) is 0 Å². The molecule has 0 saturated carbocycles. The van der Waals surface area contributed by atoms with E-state index in [0.717, 1.165) is 12.3 Å². The lowest BCUT2D eigenvalue weighted by Crippen LogP contribution is -2.03. The second kappa shape index (κ2) is 5.71.